The van der Waals surface area contributed by atoms with Crippen molar-refractivity contribution in [2.24, 2.45) is 11.5 Å². The van der Waals surface area contributed by atoms with E-state index in [0.717, 1.165) is 6.07 Å². The molecule has 0 aliphatic heterocycles. The molecule has 0 radical (unpaired) electrons. The van der Waals surface area contributed by atoms with Crippen LogP contribution in [0.1, 0.15) is 49.9 Å². The van der Waals surface area contributed by atoms with Crippen LogP contribution in [0.4, 0.5) is 35.1 Å². The molecule has 0 saturated carbocycles. The van der Waals surface area contributed by atoms with Crippen molar-refractivity contribution >= 4 is 59.3 Å². The Kier molecular flexibility index (Phi) is 62.5. The van der Waals surface area contributed by atoms with Crippen molar-refractivity contribution in [1.82, 2.24) is 0 Å². The minimum atomic E-state index is -3.08. The summed E-state index contributed by atoms with van der Waals surface area (Å²) in [6, 6.07) is 0.970. The molecule has 15 nitrogen and oxygen atoms in total. The molecule has 328 valence electrons. The fraction of sp³-hybridized carbons (Fsp3) is 0.846. The Morgan fingerprint density at radius 1 is 0.857 bits per heavy atom. The number of hydrogen-bond donors (Lipinski definition) is 6. The first-order valence-corrected chi connectivity index (χ1v) is 22.3. The van der Waals surface area contributed by atoms with Crippen molar-refractivity contribution in [3.63, 3.8) is 0 Å². The van der Waals surface area contributed by atoms with Crippen molar-refractivity contribution in [2.45, 2.75) is 135 Å². The molecule has 0 aromatic rings. The van der Waals surface area contributed by atoms with Gasteiger partial charge in [0.05, 0.1) is 0 Å². The van der Waals surface area contributed by atoms with Crippen LogP contribution in [0.5, 0.6) is 0 Å². The minimum absolute atomic E-state index is 0. The summed E-state index contributed by atoms with van der Waals surface area (Å²) in [5.41, 5.74) is 9.13. The van der Waals surface area contributed by atoms with Gasteiger partial charge in [-0.1, -0.05) is 54.6 Å². The summed E-state index contributed by atoms with van der Waals surface area (Å²) < 4.78 is 113. The molecular weight excluding hydrogens is 933 g/mol. The predicted molar refractivity (Wildman–Crippen MR) is 187 cm³/mol. The molecular formula is C26H53Cl2F8K2N4O11PSi2. The number of rotatable bonds is 11. The topological polar surface area (TPSA) is 282 Å². The van der Waals surface area contributed by atoms with E-state index in [1.54, 1.807) is 13.1 Å². The van der Waals surface area contributed by atoms with Crippen LogP contribution in [0.25, 0.3) is 0 Å². The average Bonchev–Trinajstić information content (AvgIpc) is 2.99. The molecule has 30 heteroatoms. The van der Waals surface area contributed by atoms with Gasteiger partial charge in [0.2, 0.25) is 12.4 Å². The number of ether oxygens (including phenoxy) is 1. The minimum Gasteiger partial charge on any atom is -1.00 e. The van der Waals surface area contributed by atoms with Gasteiger partial charge in [0, 0.05) is 11.3 Å². The standard InChI is InChI=1S/C9H19F2NO2Si.C6H15ClSi.C4H8F2O2.C3H5F2NO2.C3H3F2NO.CN.ClH.2K.HO4P.H/c1-9(2,3)15(4,5)14-6(7(10)11)8(12)13;1-6(2,3)8(4,5)7;1-2-8-4(7)3(5)6;4-2(5)1(7)3(6)8;4-3(5)2(7)1-6;1-2;;;;1-4-5(2)3;/h6-7H,1-5H3,(H2,12,13);1-5H3;3-4,7H,2H2,1H3;1-2,7H,(H2,6,8);2-3,7H;;1H;;;1H;/q;;;;;-1;;2*+1;;-1. The summed E-state index contributed by atoms with van der Waals surface area (Å²) in [5, 5.41) is 44.9. The summed E-state index contributed by atoms with van der Waals surface area (Å²) in [4.78, 5) is 29.4. The zero-order valence-electron chi connectivity index (χ0n) is 34.3. The van der Waals surface area contributed by atoms with E-state index in [1.807, 2.05) is 20.8 Å². The first-order chi connectivity index (χ1) is 23.4. The second kappa shape index (κ2) is 43.1. The van der Waals surface area contributed by atoms with Crippen molar-refractivity contribution in [2.75, 3.05) is 6.61 Å². The van der Waals surface area contributed by atoms with Crippen molar-refractivity contribution in [3.05, 3.63) is 6.57 Å². The average molecular weight is 986 g/mol. The maximum absolute atomic E-state index is 12.5. The van der Waals surface area contributed by atoms with Gasteiger partial charge in [-0.05, 0) is 34.7 Å². The number of nitrogens with zero attached hydrogens (tertiary/aromatic N) is 2. The van der Waals surface area contributed by atoms with Crippen LogP contribution in [-0.4, -0.2) is 105 Å². The number of halogens is 10. The smallest absolute Gasteiger partial charge is 1.00 e. The predicted octanol–water partition coefficient (Wildman–Crippen LogP) is -0.670. The molecule has 0 aliphatic carbocycles. The fourth-order valence-corrected chi connectivity index (χ4v) is 2.36. The Bertz CT molecular complexity index is 1050. The Balaban J connectivity index is -0.0000000499. The number of carbonyl (C=O) groups is 2. The fourth-order valence-electron chi connectivity index (χ4n) is 1.15. The molecule has 0 spiro atoms. The zero-order chi connectivity index (χ0) is 44.9. The van der Waals surface area contributed by atoms with Crippen LogP contribution in [0.15, 0.2) is 0 Å². The monoisotopic (exact) mass is 984 g/mol. The third-order valence-corrected chi connectivity index (χ3v) is 15.9. The van der Waals surface area contributed by atoms with E-state index in [1.165, 1.54) is 6.92 Å². The van der Waals surface area contributed by atoms with E-state index in [2.05, 4.69) is 49.0 Å². The maximum atomic E-state index is 12.5. The zero-order valence-corrected chi connectivity index (χ0v) is 44.0. The molecule has 8 N–H and O–H groups in total. The Labute approximate surface area is 423 Å². The summed E-state index contributed by atoms with van der Waals surface area (Å²) in [6.45, 7) is 26.6. The third-order valence-electron chi connectivity index (χ3n) is 6.04. The van der Waals surface area contributed by atoms with E-state index in [-0.39, 0.29) is 128 Å². The van der Waals surface area contributed by atoms with Crippen LogP contribution in [0.3, 0.4) is 0 Å². The first kappa shape index (κ1) is 81.3. The molecule has 5 atom stereocenters. The largest absolute Gasteiger partial charge is 1.00 e. The number of carbonyl (C=O) groups excluding carboxylic acids is 2. The van der Waals surface area contributed by atoms with E-state index < -0.39 is 86.1 Å². The molecule has 0 aromatic carbocycles. The van der Waals surface area contributed by atoms with Gasteiger partial charge in [-0.2, -0.15) is 16.3 Å². The SMILES string of the molecule is CC(C)(C)[Si](C)(C)Cl.CC(C)(C)[Si](C)(C)OC(C(N)=O)C(F)F.CCOC(O)C(F)F.Cl.N#CC(O)C(F)F.NC(=O)C(O)C(F)F.O=[P+]([O-])OO.[C-]#N.[H-].[K+].[K+]. The van der Waals surface area contributed by atoms with Gasteiger partial charge in [-0.15, -0.1) is 12.4 Å². The number of aliphatic hydroxyl groups excluding tert-OH is 3. The quantitative estimate of drug-likeness (QED) is 0.0173. The van der Waals surface area contributed by atoms with Crippen molar-refractivity contribution in [3.8, 4) is 6.07 Å². The first-order valence-electron chi connectivity index (χ1n) is 14.2. The van der Waals surface area contributed by atoms with Crippen LogP contribution in [-0.2, 0) is 28.0 Å². The molecule has 0 rings (SSSR count). The molecule has 2 amide bonds. The molecule has 5 unspecified atom stereocenters. The van der Waals surface area contributed by atoms with Crippen LogP contribution in [0, 0.1) is 23.2 Å². The van der Waals surface area contributed by atoms with Gasteiger partial charge in [0.1, 0.15) is 6.07 Å². The number of nitriles is 1. The number of amides is 2. The van der Waals surface area contributed by atoms with Gasteiger partial charge in [-0.3, -0.25) is 9.59 Å². The van der Waals surface area contributed by atoms with Crippen molar-refractivity contribution in [1.29, 1.82) is 10.5 Å². The van der Waals surface area contributed by atoms with Gasteiger partial charge in [0.25, 0.3) is 37.5 Å². The Morgan fingerprint density at radius 2 is 1.18 bits per heavy atom. The van der Waals surface area contributed by atoms with Crippen molar-refractivity contribution < 1.29 is 193 Å². The van der Waals surface area contributed by atoms with E-state index in [9.17, 15) is 44.7 Å². The number of primary amides is 2. The Morgan fingerprint density at radius 3 is 1.25 bits per heavy atom. The normalized spacial score (nSPS) is 13.0. The van der Waals surface area contributed by atoms with Crippen LogP contribution < -0.4 is 119 Å². The maximum Gasteiger partial charge on any atom is 1.00 e. The summed E-state index contributed by atoms with van der Waals surface area (Å²) in [7, 11) is -6.80. The van der Waals surface area contributed by atoms with Gasteiger partial charge in [0.15, 0.2) is 27.9 Å². The van der Waals surface area contributed by atoms with Crippen LogP contribution in [0.2, 0.25) is 36.3 Å². The molecule has 0 saturated heterocycles. The molecule has 56 heavy (non-hydrogen) atoms. The van der Waals surface area contributed by atoms with Crippen LogP contribution >= 0.6 is 31.7 Å². The second-order valence-corrected chi connectivity index (χ2v) is 25.0. The van der Waals surface area contributed by atoms with Gasteiger partial charge < -0.3 is 54.1 Å². The molecule has 0 bridgehead atoms. The molecule has 0 aliphatic rings. The number of hydrogen-bond acceptors (Lipinski definition) is 13. The number of nitrogens with two attached hydrogens (primary N) is 2. The Hall–Kier alpha value is 1.43. The van der Waals surface area contributed by atoms with Gasteiger partial charge >= 0.3 is 111 Å². The molecule has 0 aromatic heterocycles. The number of alkyl halides is 8. The molecule has 0 fully saturated rings. The second-order valence-electron chi connectivity index (χ2n) is 12.3. The number of aliphatic hydroxyl groups is 3. The summed E-state index contributed by atoms with van der Waals surface area (Å²) in [5.74, 6) is -2.50. The summed E-state index contributed by atoms with van der Waals surface area (Å²) in [6.07, 6.45) is -19.8. The van der Waals surface area contributed by atoms with E-state index in [4.69, 9.17) is 68.4 Å². The van der Waals surface area contributed by atoms with E-state index in [0.29, 0.717) is 5.04 Å². The van der Waals surface area contributed by atoms with Gasteiger partial charge in [-0.25, -0.2) is 40.4 Å². The van der Waals surface area contributed by atoms with E-state index >= 15 is 0 Å². The molecule has 0 heterocycles. The third kappa shape index (κ3) is 53.4. The summed E-state index contributed by atoms with van der Waals surface area (Å²) >= 11 is 6.15.